The Kier molecular flexibility index (Phi) is 7.47. The van der Waals surface area contributed by atoms with E-state index in [1.54, 1.807) is 10.6 Å². The van der Waals surface area contributed by atoms with Crippen LogP contribution >= 0.6 is 0 Å². The van der Waals surface area contributed by atoms with Crippen LogP contribution < -0.4 is 21.1 Å². The van der Waals surface area contributed by atoms with Gasteiger partial charge < -0.3 is 30.8 Å². The van der Waals surface area contributed by atoms with Crippen LogP contribution in [0.1, 0.15) is 24.8 Å². The van der Waals surface area contributed by atoms with Crippen LogP contribution in [0, 0.1) is 11.6 Å². The number of aliphatic hydroxyl groups is 1. The summed E-state index contributed by atoms with van der Waals surface area (Å²) in [6.07, 6.45) is 0.714. The molecule has 10 nitrogen and oxygen atoms in total. The van der Waals surface area contributed by atoms with E-state index in [4.69, 9.17) is 16.2 Å². The number of nitrogens with two attached hydrogens (primary N) is 2. The first kappa shape index (κ1) is 27.5. The molecule has 0 unspecified atom stereocenters. The van der Waals surface area contributed by atoms with Crippen molar-refractivity contribution in [1.29, 1.82) is 0 Å². The average molecular weight is 561 g/mol. The highest BCUT2D eigenvalue weighted by Crippen LogP contribution is 2.34. The molecule has 4 aromatic rings. The van der Waals surface area contributed by atoms with Gasteiger partial charge in [-0.2, -0.15) is 0 Å². The molecule has 0 amide bonds. The maximum absolute atomic E-state index is 14.5. The Morgan fingerprint density at radius 1 is 1.10 bits per heavy atom. The van der Waals surface area contributed by atoms with E-state index in [1.165, 1.54) is 26.0 Å². The zero-order valence-electron chi connectivity index (χ0n) is 21.6. The summed E-state index contributed by atoms with van der Waals surface area (Å²) in [6.45, 7) is 0.580. The highest BCUT2D eigenvalue weighted by atomic mass is 19.3. The molecule has 0 spiro atoms. The van der Waals surface area contributed by atoms with Crippen molar-refractivity contribution in [3.05, 3.63) is 54.2 Å². The molecule has 3 aromatic heterocycles. The predicted octanol–water partition coefficient (Wildman–Crippen LogP) is 3.12. The molecule has 212 valence electrons. The van der Waals surface area contributed by atoms with Crippen LogP contribution in [0.4, 0.5) is 29.1 Å². The highest BCUT2D eigenvalue weighted by molar-refractivity contribution is 5.81. The molecule has 0 saturated carbocycles. The molecule has 1 aliphatic heterocycles. The number of halogens is 4. The van der Waals surface area contributed by atoms with Crippen molar-refractivity contribution in [3.63, 3.8) is 0 Å². The van der Waals surface area contributed by atoms with Crippen LogP contribution in [0.3, 0.4) is 0 Å². The first-order chi connectivity index (χ1) is 19.1. The van der Waals surface area contributed by atoms with Gasteiger partial charge in [-0.1, -0.05) is 0 Å². The van der Waals surface area contributed by atoms with Crippen LogP contribution in [0.2, 0.25) is 0 Å². The molecule has 5 N–H and O–H groups in total. The molecule has 1 saturated heterocycles. The van der Waals surface area contributed by atoms with E-state index < -0.39 is 35.5 Å². The normalized spacial score (nSPS) is 18.8. The number of aliphatic hydroxyl groups excluding tert-OH is 1. The summed E-state index contributed by atoms with van der Waals surface area (Å²) in [4.78, 5) is 18.8. The molecule has 0 bridgehead atoms. The van der Waals surface area contributed by atoms with E-state index in [2.05, 4.69) is 19.9 Å². The number of ether oxygens (including phenoxy) is 1. The minimum atomic E-state index is -3.01. The fourth-order valence-electron chi connectivity index (χ4n) is 5.13. The Morgan fingerprint density at radius 2 is 1.85 bits per heavy atom. The molecule has 1 fully saturated rings. The van der Waals surface area contributed by atoms with Crippen LogP contribution in [-0.4, -0.2) is 67.9 Å². The van der Waals surface area contributed by atoms with Crippen molar-refractivity contribution in [1.82, 2.24) is 24.5 Å². The number of imidazole rings is 1. The molecule has 1 aromatic carbocycles. The van der Waals surface area contributed by atoms with Gasteiger partial charge in [-0.3, -0.25) is 4.98 Å². The lowest BCUT2D eigenvalue weighted by molar-refractivity contribution is -0.0491. The Labute approximate surface area is 226 Å². The lowest BCUT2D eigenvalue weighted by Crippen LogP contribution is -2.60. The third-order valence-corrected chi connectivity index (χ3v) is 7.21. The van der Waals surface area contributed by atoms with Crippen molar-refractivity contribution in [2.45, 2.75) is 43.9 Å². The molecule has 4 heterocycles. The third kappa shape index (κ3) is 5.11. The van der Waals surface area contributed by atoms with Gasteiger partial charge >= 0.3 is 0 Å². The lowest BCUT2D eigenvalue weighted by Gasteiger charge is -2.37. The zero-order valence-corrected chi connectivity index (χ0v) is 21.6. The summed E-state index contributed by atoms with van der Waals surface area (Å²) in [5, 5.41) is 10.3. The minimum absolute atomic E-state index is 0.0574. The first-order valence-corrected chi connectivity index (χ1v) is 12.5. The van der Waals surface area contributed by atoms with Gasteiger partial charge in [-0.05, 0) is 43.0 Å². The number of alkyl halides is 2. The SMILES string of the molecule is COc1c(F)cc(-c2cc(Cn3cnc4c(N)ncnc43)c(N3CCCC[C@](N)([C@H](O)C(F)F)C3)cn2)cc1F. The second-order valence-electron chi connectivity index (χ2n) is 9.87. The monoisotopic (exact) mass is 560 g/mol. The van der Waals surface area contributed by atoms with Crippen LogP contribution in [0.15, 0.2) is 37.1 Å². The van der Waals surface area contributed by atoms with Gasteiger partial charge in [-0.15, -0.1) is 0 Å². The predicted molar refractivity (Wildman–Crippen MR) is 140 cm³/mol. The number of hydrogen-bond donors (Lipinski definition) is 3. The lowest BCUT2D eigenvalue weighted by atomic mass is 9.88. The van der Waals surface area contributed by atoms with Gasteiger partial charge in [-0.25, -0.2) is 32.5 Å². The molecule has 2 atom stereocenters. The van der Waals surface area contributed by atoms with Gasteiger partial charge in [0.05, 0.1) is 43.1 Å². The van der Waals surface area contributed by atoms with Crippen molar-refractivity contribution >= 4 is 22.7 Å². The summed E-state index contributed by atoms with van der Waals surface area (Å²) in [5.74, 6) is -2.09. The number of hydrogen-bond acceptors (Lipinski definition) is 9. The largest absolute Gasteiger partial charge is 0.491 e. The zero-order chi connectivity index (χ0) is 28.6. The third-order valence-electron chi connectivity index (χ3n) is 7.21. The number of pyridine rings is 1. The molecule has 14 heteroatoms. The van der Waals surface area contributed by atoms with E-state index in [-0.39, 0.29) is 36.6 Å². The number of fused-ring (bicyclic) bond motifs is 1. The number of benzene rings is 1. The number of methoxy groups -OCH3 is 1. The average Bonchev–Trinajstić information content (AvgIpc) is 3.22. The topological polar surface area (TPSA) is 141 Å². The Bertz CT molecular complexity index is 1510. The molecule has 0 aliphatic carbocycles. The van der Waals surface area contributed by atoms with Crippen molar-refractivity contribution < 1.29 is 27.4 Å². The Balaban J connectivity index is 1.61. The van der Waals surface area contributed by atoms with Crippen LogP contribution in [-0.2, 0) is 6.54 Å². The van der Waals surface area contributed by atoms with Gasteiger partial charge in [0, 0.05) is 18.7 Å². The van der Waals surface area contributed by atoms with Gasteiger partial charge in [0.2, 0.25) is 0 Å². The van der Waals surface area contributed by atoms with Crippen LogP contribution in [0.5, 0.6) is 5.75 Å². The maximum Gasteiger partial charge on any atom is 0.265 e. The second-order valence-corrected chi connectivity index (χ2v) is 9.87. The van der Waals surface area contributed by atoms with E-state index in [1.807, 2.05) is 4.90 Å². The molecule has 40 heavy (non-hydrogen) atoms. The first-order valence-electron chi connectivity index (χ1n) is 12.5. The van der Waals surface area contributed by atoms with Crippen LogP contribution in [0.25, 0.3) is 22.4 Å². The van der Waals surface area contributed by atoms with Crippen molar-refractivity contribution in [2.24, 2.45) is 5.73 Å². The summed E-state index contributed by atoms with van der Waals surface area (Å²) >= 11 is 0. The maximum atomic E-state index is 14.5. The summed E-state index contributed by atoms with van der Waals surface area (Å²) in [5.41, 5.74) is 13.2. The summed E-state index contributed by atoms with van der Waals surface area (Å²) in [7, 11) is 1.17. The number of rotatable bonds is 7. The van der Waals surface area contributed by atoms with E-state index in [0.29, 0.717) is 41.8 Å². The van der Waals surface area contributed by atoms with Gasteiger partial charge in [0.1, 0.15) is 17.9 Å². The molecule has 5 rings (SSSR count). The Hall–Kier alpha value is -4.04. The molecule has 1 aliphatic rings. The number of nitrogens with zero attached hydrogens (tertiary/aromatic N) is 6. The summed E-state index contributed by atoms with van der Waals surface area (Å²) < 4.78 is 62.6. The van der Waals surface area contributed by atoms with Crippen molar-refractivity contribution in [3.8, 4) is 17.0 Å². The number of nitrogen functional groups attached to an aromatic ring is 1. The molecule has 0 radical (unpaired) electrons. The summed E-state index contributed by atoms with van der Waals surface area (Å²) in [6, 6.07) is 3.88. The number of anilines is 2. The van der Waals surface area contributed by atoms with E-state index >= 15 is 0 Å². The number of aromatic nitrogens is 5. The minimum Gasteiger partial charge on any atom is -0.491 e. The standard InChI is InChI=1S/C26H28F4N8O2/c1-40-21-16(27)6-14(7-17(21)28)18-8-15(10-38-13-36-20-24(31)34-12-35-25(20)38)19(9-33-18)37-5-3-2-4-26(32,11-37)22(39)23(29)30/h6-9,12-13,22-23,39H,2-5,10-11,32H2,1H3,(H2,31,34,35)/t22-,26-/m1/s1. The quantitative estimate of drug-likeness (QED) is 0.291. The van der Waals surface area contributed by atoms with E-state index in [9.17, 15) is 22.7 Å². The van der Waals surface area contributed by atoms with Crippen molar-refractivity contribution in [2.75, 3.05) is 30.8 Å². The smallest absolute Gasteiger partial charge is 0.265 e. The van der Waals surface area contributed by atoms with Gasteiger partial charge in [0.25, 0.3) is 6.43 Å². The molecular weight excluding hydrogens is 532 g/mol. The fourth-order valence-corrected chi connectivity index (χ4v) is 5.13. The molecular formula is C26H28F4N8O2. The fraction of sp³-hybridized carbons (Fsp3) is 0.385. The van der Waals surface area contributed by atoms with Gasteiger partial charge in [0.15, 0.2) is 28.8 Å². The Morgan fingerprint density at radius 3 is 2.55 bits per heavy atom. The highest BCUT2D eigenvalue weighted by Gasteiger charge is 2.42. The second kappa shape index (κ2) is 10.8. The van der Waals surface area contributed by atoms with E-state index in [0.717, 1.165) is 12.1 Å².